The molecule has 1 aliphatic rings. The van der Waals surface area contributed by atoms with Crippen molar-refractivity contribution in [2.45, 2.75) is 31.3 Å². The van der Waals surface area contributed by atoms with Gasteiger partial charge in [0.2, 0.25) is 0 Å². The molecule has 2 aromatic rings. The summed E-state index contributed by atoms with van der Waals surface area (Å²) in [5.41, 5.74) is 3.67. The molecule has 2 unspecified atom stereocenters. The van der Waals surface area contributed by atoms with Crippen LogP contribution < -0.4 is 0 Å². The number of carbonyl (C=O) groups excluding carboxylic acids is 1. The molecule has 0 N–H and O–H groups in total. The minimum Gasteiger partial charge on any atom is -0.463 e. The van der Waals surface area contributed by atoms with Crippen LogP contribution in [0.1, 0.15) is 37.1 Å². The van der Waals surface area contributed by atoms with E-state index < -0.39 is 0 Å². The Morgan fingerprint density at radius 3 is 2.35 bits per heavy atom. The predicted octanol–water partition coefficient (Wildman–Crippen LogP) is 5.66. The molecule has 0 radical (unpaired) electrons. The van der Waals surface area contributed by atoms with Gasteiger partial charge < -0.3 is 4.74 Å². The number of ether oxygens (including phenoxy) is 1. The molecule has 0 fully saturated rings. The molecule has 2 nitrogen and oxygen atoms in total. The Labute approximate surface area is 158 Å². The van der Waals surface area contributed by atoms with Crippen LogP contribution in [0.15, 0.2) is 60.2 Å². The maximum atomic E-state index is 13.5. The fourth-order valence-corrected chi connectivity index (χ4v) is 4.99. The third-order valence-corrected chi connectivity index (χ3v) is 6.33. The summed E-state index contributed by atoms with van der Waals surface area (Å²) < 4.78 is 18.8. The zero-order valence-electron chi connectivity index (χ0n) is 15.2. The number of hydrogen-bond acceptors (Lipinski definition) is 3. The molecule has 3 rings (SSSR count). The van der Waals surface area contributed by atoms with Gasteiger partial charge in [-0.3, -0.25) is 0 Å². The number of rotatable bonds is 5. The molecule has 2 atom stereocenters. The normalized spacial score (nSPS) is 19.9. The van der Waals surface area contributed by atoms with Crippen LogP contribution in [0, 0.1) is 11.7 Å². The fraction of sp³-hybridized carbons (Fsp3) is 0.318. The molecule has 0 bridgehead atoms. The van der Waals surface area contributed by atoms with E-state index in [0.717, 1.165) is 16.7 Å². The molecule has 0 amide bonds. The molecular formula is C22H23FO2S. The molecule has 1 heterocycles. The minimum absolute atomic E-state index is 0.0217. The number of carbonyl (C=O) groups is 1. The van der Waals surface area contributed by atoms with Crippen LogP contribution in [-0.2, 0) is 9.53 Å². The van der Waals surface area contributed by atoms with E-state index in [9.17, 15) is 9.18 Å². The molecule has 4 heteroatoms. The first-order valence-electron chi connectivity index (χ1n) is 8.90. The van der Waals surface area contributed by atoms with E-state index in [1.807, 2.05) is 25.1 Å². The van der Waals surface area contributed by atoms with Crippen molar-refractivity contribution >= 4 is 23.3 Å². The first-order chi connectivity index (χ1) is 12.5. The lowest BCUT2D eigenvalue weighted by atomic mass is 9.89. The molecule has 26 heavy (non-hydrogen) atoms. The van der Waals surface area contributed by atoms with Gasteiger partial charge >= 0.3 is 5.97 Å². The van der Waals surface area contributed by atoms with Crippen LogP contribution in [0.2, 0.25) is 0 Å². The Hall–Kier alpha value is -2.07. The van der Waals surface area contributed by atoms with E-state index in [1.165, 1.54) is 12.1 Å². The van der Waals surface area contributed by atoms with Crippen LogP contribution in [0.5, 0.6) is 0 Å². The molecule has 136 valence electrons. The SMILES string of the molecule is CCOC(=O)C1=C(c2ccc(F)cc2)C(c2ccccc2)SC1C(C)C. The van der Waals surface area contributed by atoms with Crippen LogP contribution in [0.3, 0.4) is 0 Å². The largest absolute Gasteiger partial charge is 0.463 e. The third kappa shape index (κ3) is 3.70. The zero-order valence-corrected chi connectivity index (χ0v) is 16.1. The number of thioether (sulfide) groups is 1. The van der Waals surface area contributed by atoms with Gasteiger partial charge in [-0.25, -0.2) is 9.18 Å². The third-order valence-electron chi connectivity index (χ3n) is 4.48. The molecule has 1 aliphatic heterocycles. The summed E-state index contributed by atoms with van der Waals surface area (Å²) in [4.78, 5) is 12.8. The standard InChI is InChI=1S/C22H23FO2S/c1-4-25-22(24)19-18(15-10-12-17(23)13-11-15)21(26-20(19)14(2)3)16-8-6-5-7-9-16/h5-14,20-21H,4H2,1-3H3. The number of benzene rings is 2. The lowest BCUT2D eigenvalue weighted by molar-refractivity contribution is -0.138. The van der Waals surface area contributed by atoms with E-state index in [2.05, 4.69) is 26.0 Å². The van der Waals surface area contributed by atoms with Gasteiger partial charge in [0.15, 0.2) is 0 Å². The molecule has 0 aliphatic carbocycles. The van der Waals surface area contributed by atoms with Crippen molar-refractivity contribution in [3.8, 4) is 0 Å². The summed E-state index contributed by atoms with van der Waals surface area (Å²) in [5, 5.41) is 0.0628. The highest BCUT2D eigenvalue weighted by Crippen LogP contribution is 2.55. The van der Waals surface area contributed by atoms with E-state index >= 15 is 0 Å². The Morgan fingerprint density at radius 1 is 1.12 bits per heavy atom. The smallest absolute Gasteiger partial charge is 0.335 e. The van der Waals surface area contributed by atoms with Crippen molar-refractivity contribution in [1.82, 2.24) is 0 Å². The second kappa shape index (κ2) is 8.09. The summed E-state index contributed by atoms with van der Waals surface area (Å²) in [6.07, 6.45) is 0. The maximum Gasteiger partial charge on any atom is 0.335 e. The van der Waals surface area contributed by atoms with Crippen molar-refractivity contribution in [1.29, 1.82) is 0 Å². The maximum absolute atomic E-state index is 13.5. The van der Waals surface area contributed by atoms with Gasteiger partial charge in [0, 0.05) is 5.25 Å². The fourth-order valence-electron chi connectivity index (χ4n) is 3.31. The highest BCUT2D eigenvalue weighted by molar-refractivity contribution is 8.01. The van der Waals surface area contributed by atoms with E-state index in [4.69, 9.17) is 4.74 Å². The average molecular weight is 370 g/mol. The van der Waals surface area contributed by atoms with Gasteiger partial charge in [-0.1, -0.05) is 56.3 Å². The molecule has 2 aromatic carbocycles. The van der Waals surface area contributed by atoms with E-state index in [1.54, 1.807) is 23.9 Å². The van der Waals surface area contributed by atoms with Gasteiger partial charge in [-0.15, -0.1) is 11.8 Å². The Morgan fingerprint density at radius 2 is 1.77 bits per heavy atom. The topological polar surface area (TPSA) is 26.3 Å². The first kappa shape index (κ1) is 18.7. The van der Waals surface area contributed by atoms with E-state index in [0.29, 0.717) is 12.2 Å². The Bertz CT molecular complexity index is 797. The number of halogens is 1. The first-order valence-corrected chi connectivity index (χ1v) is 9.84. The summed E-state index contributed by atoms with van der Waals surface area (Å²) >= 11 is 1.77. The Balaban J connectivity index is 2.19. The van der Waals surface area contributed by atoms with Gasteiger partial charge in [0.05, 0.1) is 17.4 Å². The molecule has 0 saturated heterocycles. The van der Waals surface area contributed by atoms with Crippen LogP contribution in [-0.4, -0.2) is 17.8 Å². The van der Waals surface area contributed by atoms with Gasteiger partial charge in [-0.05, 0) is 41.7 Å². The average Bonchev–Trinajstić information content (AvgIpc) is 3.04. The zero-order chi connectivity index (χ0) is 18.7. The molecule has 0 spiro atoms. The predicted molar refractivity (Wildman–Crippen MR) is 105 cm³/mol. The van der Waals surface area contributed by atoms with Crippen molar-refractivity contribution < 1.29 is 13.9 Å². The highest BCUT2D eigenvalue weighted by Gasteiger charge is 2.41. The quantitative estimate of drug-likeness (QED) is 0.636. The Kier molecular flexibility index (Phi) is 5.82. The number of esters is 1. The number of hydrogen-bond donors (Lipinski definition) is 0. The molecule has 0 saturated carbocycles. The van der Waals surface area contributed by atoms with Crippen LogP contribution >= 0.6 is 11.8 Å². The molecule has 0 aromatic heterocycles. The monoisotopic (exact) mass is 370 g/mol. The van der Waals surface area contributed by atoms with Crippen LogP contribution in [0.4, 0.5) is 4.39 Å². The van der Waals surface area contributed by atoms with Gasteiger partial charge in [-0.2, -0.15) is 0 Å². The van der Waals surface area contributed by atoms with E-state index in [-0.39, 0.29) is 28.2 Å². The second-order valence-corrected chi connectivity index (χ2v) is 7.90. The van der Waals surface area contributed by atoms with Gasteiger partial charge in [0.1, 0.15) is 5.82 Å². The van der Waals surface area contributed by atoms with Crippen molar-refractivity contribution in [3.05, 3.63) is 77.1 Å². The summed E-state index contributed by atoms with van der Waals surface area (Å²) in [6.45, 7) is 6.39. The second-order valence-electron chi connectivity index (χ2n) is 6.65. The molecular weight excluding hydrogens is 347 g/mol. The summed E-state index contributed by atoms with van der Waals surface area (Å²) in [5.74, 6) is -0.269. The summed E-state index contributed by atoms with van der Waals surface area (Å²) in [7, 11) is 0. The minimum atomic E-state index is -0.283. The summed E-state index contributed by atoms with van der Waals surface area (Å²) in [6, 6.07) is 16.5. The lowest BCUT2D eigenvalue weighted by Crippen LogP contribution is -2.20. The van der Waals surface area contributed by atoms with Gasteiger partial charge in [0.25, 0.3) is 0 Å². The van der Waals surface area contributed by atoms with Crippen molar-refractivity contribution in [3.63, 3.8) is 0 Å². The highest BCUT2D eigenvalue weighted by atomic mass is 32.2. The van der Waals surface area contributed by atoms with Crippen LogP contribution in [0.25, 0.3) is 5.57 Å². The lowest BCUT2D eigenvalue weighted by Gasteiger charge is -2.18. The van der Waals surface area contributed by atoms with Crippen molar-refractivity contribution in [2.24, 2.45) is 5.92 Å². The van der Waals surface area contributed by atoms with Crippen molar-refractivity contribution in [2.75, 3.05) is 6.61 Å².